The smallest absolute Gasteiger partial charge is 0.242 e. The third kappa shape index (κ3) is 5.65. The maximum atomic E-state index is 12.1. The molecule has 2 nitrogen and oxygen atoms in total. The largest absolute Gasteiger partial charge is 0.352 e. The number of amides is 1. The van der Waals surface area contributed by atoms with Gasteiger partial charge in [-0.15, -0.1) is 11.6 Å². The molecule has 0 fully saturated rings. The summed E-state index contributed by atoms with van der Waals surface area (Å²) in [6.07, 6.45) is 5.42. The molecule has 0 aliphatic carbocycles. The first kappa shape index (κ1) is 16.0. The zero-order valence-electron chi connectivity index (χ0n) is 11.9. The second-order valence-electron chi connectivity index (χ2n) is 4.91. The van der Waals surface area contributed by atoms with Gasteiger partial charge in [-0.25, -0.2) is 0 Å². The Labute approximate surface area is 121 Å². The van der Waals surface area contributed by atoms with Crippen molar-refractivity contribution in [2.45, 2.75) is 57.4 Å². The molecule has 0 aliphatic rings. The topological polar surface area (TPSA) is 29.1 Å². The predicted octanol–water partition coefficient (Wildman–Crippen LogP) is 4.44. The first-order valence-corrected chi connectivity index (χ1v) is 7.62. The van der Waals surface area contributed by atoms with Gasteiger partial charge in [-0.3, -0.25) is 4.79 Å². The summed E-state index contributed by atoms with van der Waals surface area (Å²) >= 11 is 6.22. The Balaban J connectivity index is 2.55. The predicted molar refractivity (Wildman–Crippen MR) is 81.4 cm³/mol. The van der Waals surface area contributed by atoms with E-state index < -0.39 is 5.38 Å². The Morgan fingerprint density at radius 3 is 2.42 bits per heavy atom. The summed E-state index contributed by atoms with van der Waals surface area (Å²) in [7, 11) is 0. The van der Waals surface area contributed by atoms with Crippen molar-refractivity contribution < 1.29 is 4.79 Å². The number of hydrogen-bond donors (Lipinski definition) is 1. The molecule has 2 atom stereocenters. The van der Waals surface area contributed by atoms with Crippen molar-refractivity contribution in [3.8, 4) is 0 Å². The Hall–Kier alpha value is -1.02. The van der Waals surface area contributed by atoms with Crippen LogP contribution < -0.4 is 5.32 Å². The Morgan fingerprint density at radius 1 is 1.16 bits per heavy atom. The molecule has 0 heterocycles. The summed E-state index contributed by atoms with van der Waals surface area (Å²) in [4.78, 5) is 12.1. The summed E-state index contributed by atoms with van der Waals surface area (Å²) in [5, 5.41) is 2.48. The van der Waals surface area contributed by atoms with E-state index in [1.165, 1.54) is 0 Å². The minimum absolute atomic E-state index is 0.0811. The van der Waals surface area contributed by atoms with Crippen LogP contribution in [0, 0.1) is 0 Å². The number of rotatable bonds is 8. The van der Waals surface area contributed by atoms with Gasteiger partial charge in [0, 0.05) is 6.04 Å². The lowest BCUT2D eigenvalue weighted by Gasteiger charge is -2.20. The van der Waals surface area contributed by atoms with E-state index in [0.717, 1.165) is 37.7 Å². The molecule has 0 bridgehead atoms. The van der Waals surface area contributed by atoms with Crippen LogP contribution in [-0.2, 0) is 4.79 Å². The van der Waals surface area contributed by atoms with Crippen molar-refractivity contribution in [1.29, 1.82) is 0 Å². The zero-order chi connectivity index (χ0) is 14.1. The summed E-state index contributed by atoms with van der Waals surface area (Å²) in [5.74, 6) is -0.0811. The second-order valence-corrected chi connectivity index (χ2v) is 5.35. The molecule has 1 amide bonds. The molecule has 0 saturated carbocycles. The lowest BCUT2D eigenvalue weighted by atomic mass is 10.0. The van der Waals surface area contributed by atoms with Crippen LogP contribution in [0.3, 0.4) is 0 Å². The van der Waals surface area contributed by atoms with Crippen LogP contribution in [0.5, 0.6) is 0 Å². The molecule has 0 radical (unpaired) electrons. The molecule has 2 unspecified atom stereocenters. The fourth-order valence-electron chi connectivity index (χ4n) is 2.14. The van der Waals surface area contributed by atoms with Gasteiger partial charge in [0.15, 0.2) is 0 Å². The van der Waals surface area contributed by atoms with Gasteiger partial charge in [-0.2, -0.15) is 0 Å². The number of hydrogen-bond acceptors (Lipinski definition) is 1. The van der Waals surface area contributed by atoms with Gasteiger partial charge in [0.05, 0.1) is 0 Å². The molecule has 0 saturated heterocycles. The number of halogens is 1. The molecular formula is C16H24ClNO. The van der Waals surface area contributed by atoms with Crippen molar-refractivity contribution >= 4 is 17.5 Å². The molecule has 106 valence electrons. The van der Waals surface area contributed by atoms with Crippen molar-refractivity contribution in [2.24, 2.45) is 0 Å². The molecule has 1 aromatic rings. The maximum Gasteiger partial charge on any atom is 0.242 e. The van der Waals surface area contributed by atoms with Gasteiger partial charge in [-0.1, -0.05) is 63.4 Å². The van der Waals surface area contributed by atoms with Gasteiger partial charge in [0.1, 0.15) is 5.38 Å². The first-order valence-electron chi connectivity index (χ1n) is 7.18. The molecule has 3 heteroatoms. The highest BCUT2D eigenvalue weighted by Crippen LogP contribution is 2.21. The number of carbonyl (C=O) groups is 1. The van der Waals surface area contributed by atoms with Crippen LogP contribution in [0.25, 0.3) is 0 Å². The van der Waals surface area contributed by atoms with E-state index in [2.05, 4.69) is 19.2 Å². The minimum atomic E-state index is -0.595. The second kappa shape index (κ2) is 8.98. The average molecular weight is 282 g/mol. The fourth-order valence-corrected chi connectivity index (χ4v) is 2.34. The zero-order valence-corrected chi connectivity index (χ0v) is 12.6. The number of carbonyl (C=O) groups excluding carboxylic acids is 1. The third-order valence-electron chi connectivity index (χ3n) is 3.21. The van der Waals surface area contributed by atoms with Crippen LogP contribution in [0.4, 0.5) is 0 Å². The third-order valence-corrected chi connectivity index (χ3v) is 3.66. The number of alkyl halides is 1. The van der Waals surface area contributed by atoms with E-state index >= 15 is 0 Å². The Morgan fingerprint density at radius 2 is 1.84 bits per heavy atom. The monoisotopic (exact) mass is 281 g/mol. The average Bonchev–Trinajstić information content (AvgIpc) is 2.45. The Bertz CT molecular complexity index is 366. The van der Waals surface area contributed by atoms with Crippen molar-refractivity contribution in [1.82, 2.24) is 5.32 Å². The summed E-state index contributed by atoms with van der Waals surface area (Å²) < 4.78 is 0. The highest BCUT2D eigenvalue weighted by atomic mass is 35.5. The number of unbranched alkanes of at least 4 members (excludes halogenated alkanes) is 1. The molecule has 1 N–H and O–H groups in total. The highest BCUT2D eigenvalue weighted by Gasteiger charge is 2.20. The van der Waals surface area contributed by atoms with Crippen molar-refractivity contribution in [3.05, 3.63) is 35.9 Å². The Kier molecular flexibility index (Phi) is 7.57. The molecule has 0 aromatic heterocycles. The minimum Gasteiger partial charge on any atom is -0.352 e. The van der Waals surface area contributed by atoms with Gasteiger partial charge in [0.2, 0.25) is 5.91 Å². The van der Waals surface area contributed by atoms with E-state index in [4.69, 9.17) is 11.6 Å². The summed E-state index contributed by atoms with van der Waals surface area (Å²) in [5.41, 5.74) is 0.854. The van der Waals surface area contributed by atoms with Crippen LogP contribution in [-0.4, -0.2) is 11.9 Å². The maximum absolute atomic E-state index is 12.1. The van der Waals surface area contributed by atoms with E-state index in [1.54, 1.807) is 0 Å². The summed E-state index contributed by atoms with van der Waals surface area (Å²) in [6, 6.07) is 9.75. The highest BCUT2D eigenvalue weighted by molar-refractivity contribution is 6.30. The van der Waals surface area contributed by atoms with Crippen LogP contribution in [0.2, 0.25) is 0 Å². The number of nitrogens with one attached hydrogen (secondary N) is 1. The molecule has 0 aliphatic heterocycles. The van der Waals surface area contributed by atoms with E-state index in [0.29, 0.717) is 0 Å². The van der Waals surface area contributed by atoms with E-state index in [1.807, 2.05) is 30.3 Å². The van der Waals surface area contributed by atoms with Crippen LogP contribution in [0.1, 0.15) is 56.9 Å². The van der Waals surface area contributed by atoms with Crippen LogP contribution in [0.15, 0.2) is 30.3 Å². The summed E-state index contributed by atoms with van der Waals surface area (Å²) in [6.45, 7) is 4.31. The van der Waals surface area contributed by atoms with E-state index in [9.17, 15) is 4.79 Å². The molecule has 0 spiro atoms. The number of benzene rings is 1. The van der Waals surface area contributed by atoms with Gasteiger partial charge in [-0.05, 0) is 18.4 Å². The SMILES string of the molecule is CCCCC(CCC)NC(=O)C(Cl)c1ccccc1. The molecular weight excluding hydrogens is 258 g/mol. The molecule has 1 rings (SSSR count). The fraction of sp³-hybridized carbons (Fsp3) is 0.562. The van der Waals surface area contributed by atoms with Crippen LogP contribution >= 0.6 is 11.6 Å². The van der Waals surface area contributed by atoms with Crippen molar-refractivity contribution in [3.63, 3.8) is 0 Å². The molecule has 19 heavy (non-hydrogen) atoms. The van der Waals surface area contributed by atoms with Gasteiger partial charge in [0.25, 0.3) is 0 Å². The standard InChI is InChI=1S/C16H24ClNO/c1-3-5-12-14(9-4-2)18-16(19)15(17)13-10-7-6-8-11-13/h6-8,10-11,14-15H,3-5,9,12H2,1-2H3,(H,18,19). The lowest BCUT2D eigenvalue weighted by molar-refractivity contribution is -0.121. The quantitative estimate of drug-likeness (QED) is 0.701. The molecule has 1 aromatic carbocycles. The van der Waals surface area contributed by atoms with Gasteiger partial charge >= 0.3 is 0 Å². The lowest BCUT2D eigenvalue weighted by Crippen LogP contribution is -2.36. The normalized spacial score (nSPS) is 13.8. The van der Waals surface area contributed by atoms with Crippen molar-refractivity contribution in [2.75, 3.05) is 0 Å². The van der Waals surface area contributed by atoms with E-state index in [-0.39, 0.29) is 11.9 Å². The van der Waals surface area contributed by atoms with Gasteiger partial charge < -0.3 is 5.32 Å². The first-order chi connectivity index (χ1) is 9.19.